The van der Waals surface area contributed by atoms with Gasteiger partial charge in [-0.05, 0) is 31.0 Å². The number of para-hydroxylation sites is 1. The fraction of sp³-hybridized carbons (Fsp3) is 0.280. The van der Waals surface area contributed by atoms with Crippen molar-refractivity contribution in [2.45, 2.75) is 33.4 Å². The van der Waals surface area contributed by atoms with Crippen molar-refractivity contribution >= 4 is 34.9 Å². The lowest BCUT2D eigenvalue weighted by atomic mass is 10.0. The zero-order chi connectivity index (χ0) is 24.0. The van der Waals surface area contributed by atoms with Gasteiger partial charge in [-0.15, -0.1) is 0 Å². The van der Waals surface area contributed by atoms with E-state index in [0.717, 1.165) is 22.0 Å². The van der Waals surface area contributed by atoms with Crippen molar-refractivity contribution in [1.29, 1.82) is 0 Å². The number of amides is 2. The molecular formula is C25H28N4O4. The summed E-state index contributed by atoms with van der Waals surface area (Å²) in [6.07, 6.45) is 3.30. The minimum atomic E-state index is -0.753. The number of hydrazone groups is 1. The van der Waals surface area contributed by atoms with Gasteiger partial charge >= 0.3 is 5.97 Å². The highest BCUT2D eigenvalue weighted by molar-refractivity contribution is 6.01. The molecule has 1 heterocycles. The molecule has 172 valence electrons. The van der Waals surface area contributed by atoms with Gasteiger partial charge in [-0.2, -0.15) is 5.10 Å². The van der Waals surface area contributed by atoms with E-state index in [1.54, 1.807) is 22.9 Å². The summed E-state index contributed by atoms with van der Waals surface area (Å²) in [5.41, 5.74) is 5.64. The molecule has 8 nitrogen and oxygen atoms in total. The van der Waals surface area contributed by atoms with Crippen LogP contribution in [0.2, 0.25) is 0 Å². The minimum Gasteiger partial charge on any atom is -0.468 e. The van der Waals surface area contributed by atoms with E-state index in [1.165, 1.54) is 13.3 Å². The van der Waals surface area contributed by atoms with Gasteiger partial charge in [0.1, 0.15) is 12.6 Å². The summed E-state index contributed by atoms with van der Waals surface area (Å²) in [6.45, 7) is 5.71. The van der Waals surface area contributed by atoms with Crippen LogP contribution in [0, 0.1) is 12.8 Å². The number of aryl methyl sites for hydroxylation is 1. The Bertz CT molecular complexity index is 1180. The van der Waals surface area contributed by atoms with Crippen molar-refractivity contribution in [2.24, 2.45) is 11.0 Å². The monoisotopic (exact) mass is 448 g/mol. The van der Waals surface area contributed by atoms with Gasteiger partial charge in [0, 0.05) is 28.2 Å². The molecule has 0 fully saturated rings. The van der Waals surface area contributed by atoms with Crippen LogP contribution >= 0.6 is 0 Å². The Morgan fingerprint density at radius 3 is 2.45 bits per heavy atom. The van der Waals surface area contributed by atoms with E-state index in [1.807, 2.05) is 57.2 Å². The standard InChI is InChI=1S/C25H28N4O4/c1-16(2)23(27-24(31)18-11-9-17(3)10-12-18)25(32)28-26-13-19-14-29(15-22(30)33-4)21-8-6-5-7-20(19)21/h5-14,16,23H,15H2,1-4H3,(H,27,31)(H,28,32)/b26-13-. The van der Waals surface area contributed by atoms with E-state index in [4.69, 9.17) is 4.74 Å². The van der Waals surface area contributed by atoms with E-state index < -0.39 is 11.9 Å². The van der Waals surface area contributed by atoms with Gasteiger partial charge in [0.15, 0.2) is 0 Å². The van der Waals surface area contributed by atoms with Crippen LogP contribution in [0.15, 0.2) is 59.8 Å². The number of esters is 1. The van der Waals surface area contributed by atoms with Crippen LogP contribution in [0.25, 0.3) is 10.9 Å². The van der Waals surface area contributed by atoms with Crippen LogP contribution in [0.4, 0.5) is 0 Å². The van der Waals surface area contributed by atoms with Gasteiger partial charge in [-0.1, -0.05) is 49.7 Å². The average molecular weight is 449 g/mol. The SMILES string of the molecule is COC(=O)Cn1cc(/C=N\NC(=O)C(NC(=O)c2ccc(C)cc2)C(C)C)c2ccccc21. The molecule has 0 bridgehead atoms. The molecule has 3 aromatic rings. The zero-order valence-electron chi connectivity index (χ0n) is 19.2. The third-order valence-electron chi connectivity index (χ3n) is 5.27. The molecule has 0 aliphatic heterocycles. The Morgan fingerprint density at radius 1 is 1.09 bits per heavy atom. The van der Waals surface area contributed by atoms with E-state index in [9.17, 15) is 14.4 Å². The normalized spacial score (nSPS) is 12.2. The lowest BCUT2D eigenvalue weighted by Crippen LogP contribution is -2.48. The molecule has 2 aromatic carbocycles. The Hall–Kier alpha value is -3.94. The van der Waals surface area contributed by atoms with Gasteiger partial charge in [0.2, 0.25) is 0 Å². The molecule has 1 unspecified atom stereocenters. The van der Waals surface area contributed by atoms with E-state index in [2.05, 4.69) is 15.8 Å². The molecule has 0 aliphatic carbocycles. The molecule has 3 rings (SSSR count). The van der Waals surface area contributed by atoms with Crippen LogP contribution in [-0.4, -0.2) is 41.7 Å². The number of carbonyl (C=O) groups excluding carboxylic acids is 3. The first-order chi connectivity index (χ1) is 15.8. The molecule has 8 heteroatoms. The second-order valence-electron chi connectivity index (χ2n) is 8.10. The van der Waals surface area contributed by atoms with E-state index >= 15 is 0 Å². The lowest BCUT2D eigenvalue weighted by Gasteiger charge is -2.20. The number of carbonyl (C=O) groups is 3. The van der Waals surface area contributed by atoms with Crippen LogP contribution in [0.3, 0.4) is 0 Å². The molecule has 0 saturated carbocycles. The number of hydrogen-bond acceptors (Lipinski definition) is 5. The molecule has 2 amide bonds. The predicted molar refractivity (Wildman–Crippen MR) is 127 cm³/mol. The summed E-state index contributed by atoms with van der Waals surface area (Å²) >= 11 is 0. The molecule has 33 heavy (non-hydrogen) atoms. The van der Waals surface area contributed by atoms with Gasteiger partial charge in [-0.3, -0.25) is 14.4 Å². The molecule has 2 N–H and O–H groups in total. The number of fused-ring (bicyclic) bond motifs is 1. The maximum Gasteiger partial charge on any atom is 0.325 e. The largest absolute Gasteiger partial charge is 0.468 e. The molecule has 0 spiro atoms. The first-order valence-corrected chi connectivity index (χ1v) is 10.6. The van der Waals surface area contributed by atoms with Gasteiger partial charge in [-0.25, -0.2) is 5.43 Å². The zero-order valence-corrected chi connectivity index (χ0v) is 19.2. The number of aromatic nitrogens is 1. The summed E-state index contributed by atoms with van der Waals surface area (Å²) in [7, 11) is 1.34. The van der Waals surface area contributed by atoms with Crippen molar-refractivity contribution < 1.29 is 19.1 Å². The Kier molecular flexibility index (Phi) is 7.61. The quantitative estimate of drug-likeness (QED) is 0.314. The van der Waals surface area contributed by atoms with Crippen molar-refractivity contribution in [3.05, 3.63) is 71.4 Å². The summed E-state index contributed by atoms with van der Waals surface area (Å²) in [6, 6.07) is 14.0. The highest BCUT2D eigenvalue weighted by Gasteiger charge is 2.24. The lowest BCUT2D eigenvalue weighted by molar-refractivity contribution is -0.141. The van der Waals surface area contributed by atoms with Gasteiger partial charge in [0.05, 0.1) is 13.3 Å². The number of nitrogens with one attached hydrogen (secondary N) is 2. The summed E-state index contributed by atoms with van der Waals surface area (Å²) in [4.78, 5) is 37.0. The third-order valence-corrected chi connectivity index (χ3v) is 5.27. The molecule has 0 saturated heterocycles. The number of rotatable bonds is 8. The van der Waals surface area contributed by atoms with Crippen molar-refractivity contribution in [1.82, 2.24) is 15.3 Å². The summed E-state index contributed by atoms with van der Waals surface area (Å²) in [5.74, 6) is -1.24. The number of ether oxygens (including phenoxy) is 1. The number of benzene rings is 2. The number of nitrogens with zero attached hydrogens (tertiary/aromatic N) is 2. The highest BCUT2D eigenvalue weighted by atomic mass is 16.5. The molecule has 1 aromatic heterocycles. The number of hydrogen-bond donors (Lipinski definition) is 2. The number of methoxy groups -OCH3 is 1. The minimum absolute atomic E-state index is 0.0671. The molecule has 1 atom stereocenters. The van der Waals surface area contributed by atoms with Gasteiger partial charge < -0.3 is 14.6 Å². The summed E-state index contributed by atoms with van der Waals surface area (Å²) < 4.78 is 6.53. The van der Waals surface area contributed by atoms with Crippen LogP contribution in [0.5, 0.6) is 0 Å². The molecule has 0 radical (unpaired) electrons. The van der Waals surface area contributed by atoms with Crippen LogP contribution < -0.4 is 10.7 Å². The second kappa shape index (κ2) is 10.6. The van der Waals surface area contributed by atoms with Gasteiger partial charge in [0.25, 0.3) is 11.8 Å². The second-order valence-corrected chi connectivity index (χ2v) is 8.10. The highest BCUT2D eigenvalue weighted by Crippen LogP contribution is 2.20. The maximum atomic E-state index is 12.7. The van der Waals surface area contributed by atoms with Crippen molar-refractivity contribution in [3.8, 4) is 0 Å². The molecular weight excluding hydrogens is 420 g/mol. The Labute approximate surface area is 192 Å². The Balaban J connectivity index is 1.72. The summed E-state index contributed by atoms with van der Waals surface area (Å²) in [5, 5.41) is 7.76. The Morgan fingerprint density at radius 2 is 1.79 bits per heavy atom. The maximum absolute atomic E-state index is 12.7. The third kappa shape index (κ3) is 5.85. The van der Waals surface area contributed by atoms with E-state index in [0.29, 0.717) is 5.56 Å². The fourth-order valence-corrected chi connectivity index (χ4v) is 3.41. The smallest absolute Gasteiger partial charge is 0.325 e. The molecule has 0 aliphatic rings. The predicted octanol–water partition coefficient (Wildman–Crippen LogP) is 3.03. The van der Waals surface area contributed by atoms with E-state index in [-0.39, 0.29) is 24.3 Å². The van der Waals surface area contributed by atoms with Crippen LogP contribution in [-0.2, 0) is 20.9 Å². The van der Waals surface area contributed by atoms with Crippen molar-refractivity contribution in [2.75, 3.05) is 7.11 Å². The topological polar surface area (TPSA) is 102 Å². The first kappa shape index (κ1) is 23.7. The first-order valence-electron chi connectivity index (χ1n) is 10.6. The van der Waals surface area contributed by atoms with Crippen LogP contribution in [0.1, 0.15) is 35.3 Å². The van der Waals surface area contributed by atoms with Crippen molar-refractivity contribution in [3.63, 3.8) is 0 Å². The fourth-order valence-electron chi connectivity index (χ4n) is 3.41. The average Bonchev–Trinajstić information content (AvgIpc) is 3.14.